The Kier molecular flexibility index (Phi) is 3.82. The Balaban J connectivity index is 2.21. The maximum Gasteiger partial charge on any atom is 0.122 e. The SMILES string of the molecule is CCOc1cc(N)cc(Sc2ccncn2)c1. The van der Waals surface area contributed by atoms with Crippen LogP contribution in [0, 0.1) is 0 Å². The Labute approximate surface area is 104 Å². The highest BCUT2D eigenvalue weighted by Gasteiger charge is 2.02. The smallest absolute Gasteiger partial charge is 0.122 e. The first-order chi connectivity index (χ1) is 8.28. The monoisotopic (exact) mass is 247 g/mol. The second-order valence-electron chi connectivity index (χ2n) is 3.32. The standard InChI is InChI=1S/C12H13N3OS/c1-2-16-10-5-9(13)6-11(7-10)17-12-3-4-14-8-15-12/h3-8H,2,13H2,1H3. The molecule has 5 heteroatoms. The van der Waals surface area contributed by atoms with E-state index in [-0.39, 0.29) is 0 Å². The Morgan fingerprint density at radius 1 is 1.35 bits per heavy atom. The van der Waals surface area contributed by atoms with Crippen LogP contribution in [0.1, 0.15) is 6.92 Å². The third-order valence-corrected chi connectivity index (χ3v) is 2.91. The van der Waals surface area contributed by atoms with Crippen molar-refractivity contribution < 1.29 is 4.74 Å². The van der Waals surface area contributed by atoms with Crippen LogP contribution in [0.2, 0.25) is 0 Å². The fourth-order valence-corrected chi connectivity index (χ4v) is 2.20. The maximum atomic E-state index is 5.82. The molecule has 0 saturated heterocycles. The molecule has 17 heavy (non-hydrogen) atoms. The highest BCUT2D eigenvalue weighted by Crippen LogP contribution is 2.30. The summed E-state index contributed by atoms with van der Waals surface area (Å²) in [6.45, 7) is 2.57. The number of hydrogen-bond donors (Lipinski definition) is 1. The van der Waals surface area contributed by atoms with Crippen molar-refractivity contribution in [1.29, 1.82) is 0 Å². The topological polar surface area (TPSA) is 61.0 Å². The minimum atomic E-state index is 0.626. The summed E-state index contributed by atoms with van der Waals surface area (Å²) >= 11 is 1.53. The summed E-state index contributed by atoms with van der Waals surface area (Å²) in [7, 11) is 0. The first-order valence-electron chi connectivity index (χ1n) is 5.25. The van der Waals surface area contributed by atoms with Crippen molar-refractivity contribution in [1.82, 2.24) is 9.97 Å². The number of hydrogen-bond acceptors (Lipinski definition) is 5. The second kappa shape index (κ2) is 5.54. The van der Waals surface area contributed by atoms with Crippen LogP contribution in [0.5, 0.6) is 5.75 Å². The number of ether oxygens (including phenoxy) is 1. The van der Waals surface area contributed by atoms with Gasteiger partial charge in [0.1, 0.15) is 17.1 Å². The van der Waals surface area contributed by atoms with Crippen LogP contribution in [0.15, 0.2) is 46.7 Å². The van der Waals surface area contributed by atoms with Crippen molar-refractivity contribution in [2.24, 2.45) is 0 Å². The molecule has 0 spiro atoms. The van der Waals surface area contributed by atoms with E-state index in [1.54, 1.807) is 6.20 Å². The normalized spacial score (nSPS) is 10.2. The zero-order valence-electron chi connectivity index (χ0n) is 9.46. The van der Waals surface area contributed by atoms with Crippen molar-refractivity contribution in [3.05, 3.63) is 36.8 Å². The first-order valence-corrected chi connectivity index (χ1v) is 6.07. The zero-order valence-corrected chi connectivity index (χ0v) is 10.3. The van der Waals surface area contributed by atoms with Gasteiger partial charge in [-0.3, -0.25) is 0 Å². The molecule has 2 N–H and O–H groups in total. The van der Waals surface area contributed by atoms with Gasteiger partial charge in [-0.15, -0.1) is 0 Å². The van der Waals surface area contributed by atoms with E-state index in [1.165, 1.54) is 18.1 Å². The summed E-state index contributed by atoms with van der Waals surface area (Å²) in [5.41, 5.74) is 6.50. The number of aromatic nitrogens is 2. The van der Waals surface area contributed by atoms with E-state index < -0.39 is 0 Å². The molecule has 2 aromatic rings. The van der Waals surface area contributed by atoms with Gasteiger partial charge in [-0.25, -0.2) is 9.97 Å². The van der Waals surface area contributed by atoms with E-state index in [9.17, 15) is 0 Å². The first kappa shape index (κ1) is 11.7. The molecule has 0 aliphatic carbocycles. The van der Waals surface area contributed by atoms with Gasteiger partial charge < -0.3 is 10.5 Å². The minimum Gasteiger partial charge on any atom is -0.494 e. The molecule has 0 amide bonds. The summed E-state index contributed by atoms with van der Waals surface area (Å²) in [4.78, 5) is 9.03. The van der Waals surface area contributed by atoms with E-state index in [0.717, 1.165) is 15.7 Å². The molecule has 1 aromatic carbocycles. The highest BCUT2D eigenvalue weighted by molar-refractivity contribution is 7.99. The molecule has 0 atom stereocenters. The molecule has 1 aromatic heterocycles. The number of rotatable bonds is 4. The van der Waals surface area contributed by atoms with Crippen molar-refractivity contribution in [3.63, 3.8) is 0 Å². The molecule has 0 aliphatic heterocycles. The summed E-state index contributed by atoms with van der Waals surface area (Å²) in [6.07, 6.45) is 3.24. The predicted molar refractivity (Wildman–Crippen MR) is 68.2 cm³/mol. The van der Waals surface area contributed by atoms with Crippen LogP contribution in [-0.2, 0) is 0 Å². The molecule has 0 unspecified atom stereocenters. The van der Waals surface area contributed by atoms with Crippen molar-refractivity contribution in [2.45, 2.75) is 16.8 Å². The summed E-state index contributed by atoms with van der Waals surface area (Å²) in [6, 6.07) is 7.52. The second-order valence-corrected chi connectivity index (χ2v) is 4.41. The molecule has 4 nitrogen and oxygen atoms in total. The summed E-state index contributed by atoms with van der Waals surface area (Å²) in [5.74, 6) is 0.782. The molecule has 2 rings (SSSR count). The molecule has 88 valence electrons. The van der Waals surface area contributed by atoms with Gasteiger partial charge in [-0.2, -0.15) is 0 Å². The third kappa shape index (κ3) is 3.35. The zero-order chi connectivity index (χ0) is 12.1. The van der Waals surface area contributed by atoms with Crippen molar-refractivity contribution in [2.75, 3.05) is 12.3 Å². The van der Waals surface area contributed by atoms with E-state index in [1.807, 2.05) is 31.2 Å². The fraction of sp³-hybridized carbons (Fsp3) is 0.167. The lowest BCUT2D eigenvalue weighted by Crippen LogP contribution is -1.94. The number of nitrogens with two attached hydrogens (primary N) is 1. The van der Waals surface area contributed by atoms with Gasteiger partial charge in [0, 0.05) is 22.8 Å². The van der Waals surface area contributed by atoms with Crippen molar-refractivity contribution >= 4 is 17.4 Å². The van der Waals surface area contributed by atoms with Crippen LogP contribution < -0.4 is 10.5 Å². The van der Waals surface area contributed by atoms with Gasteiger partial charge in [0.05, 0.1) is 6.61 Å². The Hall–Kier alpha value is -1.75. The molecule has 0 bridgehead atoms. The van der Waals surface area contributed by atoms with Gasteiger partial charge in [0.2, 0.25) is 0 Å². The van der Waals surface area contributed by atoms with Crippen LogP contribution in [0.4, 0.5) is 5.69 Å². The van der Waals surface area contributed by atoms with Gasteiger partial charge in [-0.05, 0) is 25.1 Å². The maximum absolute atomic E-state index is 5.82. The third-order valence-electron chi connectivity index (χ3n) is 1.99. The summed E-state index contributed by atoms with van der Waals surface area (Å²) in [5, 5.41) is 0.882. The lowest BCUT2D eigenvalue weighted by Gasteiger charge is -2.07. The van der Waals surface area contributed by atoms with Crippen LogP contribution >= 0.6 is 11.8 Å². The fourth-order valence-electron chi connectivity index (χ4n) is 1.36. The Morgan fingerprint density at radius 2 is 2.24 bits per heavy atom. The summed E-state index contributed by atoms with van der Waals surface area (Å²) < 4.78 is 5.44. The van der Waals surface area contributed by atoms with Crippen LogP contribution in [0.3, 0.4) is 0 Å². The van der Waals surface area contributed by atoms with Gasteiger partial charge in [0.15, 0.2) is 0 Å². The van der Waals surface area contributed by atoms with E-state index in [4.69, 9.17) is 10.5 Å². The van der Waals surface area contributed by atoms with Crippen molar-refractivity contribution in [3.8, 4) is 5.75 Å². The quantitative estimate of drug-likeness (QED) is 0.664. The number of benzene rings is 1. The Bertz CT molecular complexity index is 490. The van der Waals surface area contributed by atoms with Gasteiger partial charge >= 0.3 is 0 Å². The highest BCUT2D eigenvalue weighted by atomic mass is 32.2. The molecular formula is C12H13N3OS. The van der Waals surface area contributed by atoms with E-state index in [2.05, 4.69) is 9.97 Å². The van der Waals surface area contributed by atoms with Gasteiger partial charge in [0.25, 0.3) is 0 Å². The van der Waals surface area contributed by atoms with Crippen LogP contribution in [0.25, 0.3) is 0 Å². The molecule has 0 fully saturated rings. The molecule has 1 heterocycles. The largest absolute Gasteiger partial charge is 0.494 e. The van der Waals surface area contributed by atoms with Gasteiger partial charge in [-0.1, -0.05) is 11.8 Å². The minimum absolute atomic E-state index is 0.626. The van der Waals surface area contributed by atoms with E-state index >= 15 is 0 Å². The van der Waals surface area contributed by atoms with E-state index in [0.29, 0.717) is 12.3 Å². The molecule has 0 saturated carbocycles. The molecule has 0 radical (unpaired) electrons. The average Bonchev–Trinajstić information content (AvgIpc) is 2.30. The lowest BCUT2D eigenvalue weighted by atomic mass is 10.3. The molecule has 0 aliphatic rings. The lowest BCUT2D eigenvalue weighted by molar-refractivity contribution is 0.339. The number of nitrogen functional groups attached to an aromatic ring is 1. The Morgan fingerprint density at radius 3 is 2.94 bits per heavy atom. The molecular weight excluding hydrogens is 234 g/mol. The number of nitrogens with zero attached hydrogens (tertiary/aromatic N) is 2. The van der Waals surface area contributed by atoms with Crippen LogP contribution in [-0.4, -0.2) is 16.6 Å². The average molecular weight is 247 g/mol. The predicted octanol–water partition coefficient (Wildman–Crippen LogP) is 2.61. The number of anilines is 1.